The third kappa shape index (κ3) is 4.15. The van der Waals surface area contributed by atoms with Gasteiger partial charge in [0.1, 0.15) is 12.3 Å². The van der Waals surface area contributed by atoms with E-state index in [1.165, 1.54) is 31.1 Å². The topological polar surface area (TPSA) is 96.0 Å². The number of sulfonamides is 1. The summed E-state index contributed by atoms with van der Waals surface area (Å²) in [6, 6.07) is 13.3. The molecular weight excluding hydrogens is 382 g/mol. The smallest absolute Gasteiger partial charge is 0.265 e. The zero-order valence-corrected chi connectivity index (χ0v) is 16.4. The molecule has 1 aliphatic rings. The number of hydrogen-bond acceptors (Lipinski definition) is 5. The van der Waals surface area contributed by atoms with E-state index in [1.807, 2.05) is 0 Å². The molecule has 0 fully saturated rings. The van der Waals surface area contributed by atoms with Crippen LogP contribution in [0.2, 0.25) is 0 Å². The van der Waals surface area contributed by atoms with Crippen LogP contribution < -0.4 is 15.0 Å². The van der Waals surface area contributed by atoms with Gasteiger partial charge in [0.05, 0.1) is 10.6 Å². The van der Waals surface area contributed by atoms with Gasteiger partial charge in [-0.3, -0.25) is 14.5 Å². The molecule has 2 amide bonds. The molecule has 28 heavy (non-hydrogen) atoms. The number of fused-ring (bicyclic) bond motifs is 1. The average molecular weight is 403 g/mol. The number of carbonyl (C=O) groups excluding carboxylic acids is 2. The van der Waals surface area contributed by atoms with E-state index in [0.29, 0.717) is 11.4 Å². The number of amides is 2. The van der Waals surface area contributed by atoms with Gasteiger partial charge in [-0.1, -0.05) is 24.3 Å². The molecule has 0 saturated carbocycles. The van der Waals surface area contributed by atoms with Crippen molar-refractivity contribution in [1.82, 2.24) is 9.62 Å². The Hall–Kier alpha value is -2.91. The minimum Gasteiger partial charge on any atom is -0.482 e. The largest absolute Gasteiger partial charge is 0.482 e. The molecule has 0 aromatic heterocycles. The maximum absolute atomic E-state index is 12.3. The van der Waals surface area contributed by atoms with Crippen molar-refractivity contribution in [2.45, 2.75) is 11.4 Å². The maximum atomic E-state index is 12.3. The Morgan fingerprint density at radius 3 is 2.50 bits per heavy atom. The first-order valence-corrected chi connectivity index (χ1v) is 10.0. The minimum atomic E-state index is -3.49. The lowest BCUT2D eigenvalue weighted by Gasteiger charge is -2.28. The normalized spacial score (nSPS) is 13.8. The third-order valence-electron chi connectivity index (χ3n) is 4.30. The lowest BCUT2D eigenvalue weighted by atomic mass is 10.2. The van der Waals surface area contributed by atoms with Gasteiger partial charge in [0.15, 0.2) is 6.61 Å². The van der Waals surface area contributed by atoms with E-state index in [4.69, 9.17) is 4.74 Å². The molecule has 1 N–H and O–H groups in total. The first kappa shape index (κ1) is 19.8. The molecule has 0 spiro atoms. The number of nitrogens with one attached hydrogen (secondary N) is 1. The van der Waals surface area contributed by atoms with Crippen LogP contribution in [0.15, 0.2) is 53.4 Å². The molecule has 2 aromatic carbocycles. The van der Waals surface area contributed by atoms with Crippen molar-refractivity contribution in [3.05, 3.63) is 54.1 Å². The Labute approximate surface area is 163 Å². The number of nitrogens with zero attached hydrogens (tertiary/aromatic N) is 2. The van der Waals surface area contributed by atoms with Crippen molar-refractivity contribution in [3.8, 4) is 5.75 Å². The Morgan fingerprint density at radius 2 is 1.82 bits per heavy atom. The van der Waals surface area contributed by atoms with Crippen molar-refractivity contribution in [2.75, 3.05) is 32.1 Å². The summed E-state index contributed by atoms with van der Waals surface area (Å²) in [6.45, 7) is -0.000292. The van der Waals surface area contributed by atoms with Crippen LogP contribution in [-0.4, -0.2) is 51.8 Å². The molecule has 148 valence electrons. The fraction of sp³-hybridized carbons (Fsp3) is 0.263. The summed E-state index contributed by atoms with van der Waals surface area (Å²) in [4.78, 5) is 26.0. The van der Waals surface area contributed by atoms with E-state index in [1.54, 1.807) is 36.4 Å². The van der Waals surface area contributed by atoms with E-state index >= 15 is 0 Å². The number of ether oxygens (including phenoxy) is 1. The van der Waals surface area contributed by atoms with Crippen LogP contribution in [-0.2, 0) is 26.2 Å². The Bertz CT molecular complexity index is 987. The molecule has 0 saturated heterocycles. The average Bonchev–Trinajstić information content (AvgIpc) is 2.69. The first-order chi connectivity index (χ1) is 13.3. The second-order valence-corrected chi connectivity index (χ2v) is 8.60. The minimum absolute atomic E-state index is 0.105. The molecule has 0 unspecified atom stereocenters. The highest BCUT2D eigenvalue weighted by molar-refractivity contribution is 7.89. The summed E-state index contributed by atoms with van der Waals surface area (Å²) >= 11 is 0. The van der Waals surface area contributed by atoms with Gasteiger partial charge in [0, 0.05) is 20.6 Å². The van der Waals surface area contributed by atoms with Crippen molar-refractivity contribution < 1.29 is 22.7 Å². The Kier molecular flexibility index (Phi) is 5.66. The molecule has 9 heteroatoms. The molecule has 8 nitrogen and oxygen atoms in total. The van der Waals surface area contributed by atoms with Gasteiger partial charge >= 0.3 is 0 Å². The van der Waals surface area contributed by atoms with Crippen LogP contribution in [0.25, 0.3) is 0 Å². The van der Waals surface area contributed by atoms with E-state index in [0.717, 1.165) is 9.87 Å². The summed E-state index contributed by atoms with van der Waals surface area (Å²) in [5.41, 5.74) is 1.31. The van der Waals surface area contributed by atoms with E-state index < -0.39 is 10.0 Å². The number of hydrogen-bond donors (Lipinski definition) is 1. The van der Waals surface area contributed by atoms with Gasteiger partial charge in [0.2, 0.25) is 15.9 Å². The highest BCUT2D eigenvalue weighted by Gasteiger charge is 2.26. The lowest BCUT2D eigenvalue weighted by Crippen LogP contribution is -2.45. The summed E-state index contributed by atoms with van der Waals surface area (Å²) in [5.74, 6) is -0.0465. The van der Waals surface area contributed by atoms with Gasteiger partial charge < -0.3 is 10.1 Å². The van der Waals surface area contributed by atoms with Gasteiger partial charge in [0.25, 0.3) is 5.91 Å². The van der Waals surface area contributed by atoms with Crippen molar-refractivity contribution >= 4 is 27.5 Å². The third-order valence-corrected chi connectivity index (χ3v) is 6.13. The van der Waals surface area contributed by atoms with Crippen LogP contribution in [0.4, 0.5) is 5.69 Å². The summed E-state index contributed by atoms with van der Waals surface area (Å²) < 4.78 is 30.6. The summed E-state index contributed by atoms with van der Waals surface area (Å²) in [5, 5.41) is 2.75. The molecule has 0 atom stereocenters. The summed E-state index contributed by atoms with van der Waals surface area (Å²) in [6.07, 6.45) is 0. The van der Waals surface area contributed by atoms with Crippen LogP contribution in [0.5, 0.6) is 5.75 Å². The van der Waals surface area contributed by atoms with Gasteiger partial charge in [-0.25, -0.2) is 12.7 Å². The second-order valence-electron chi connectivity index (χ2n) is 6.44. The predicted molar refractivity (Wildman–Crippen MR) is 103 cm³/mol. The Balaban J connectivity index is 1.61. The molecule has 0 bridgehead atoms. The van der Waals surface area contributed by atoms with Crippen LogP contribution in [0.1, 0.15) is 5.56 Å². The SMILES string of the molecule is CN(C)S(=O)(=O)c1ccc(CNC(=O)CN2C(=O)COc3ccccc32)cc1. The first-order valence-electron chi connectivity index (χ1n) is 8.59. The predicted octanol–water partition coefficient (Wildman–Crippen LogP) is 0.979. The quantitative estimate of drug-likeness (QED) is 0.776. The number of anilines is 1. The van der Waals surface area contributed by atoms with E-state index in [9.17, 15) is 18.0 Å². The fourth-order valence-electron chi connectivity index (χ4n) is 2.72. The Morgan fingerprint density at radius 1 is 1.14 bits per heavy atom. The zero-order chi connectivity index (χ0) is 20.3. The molecule has 2 aromatic rings. The molecule has 1 aliphatic heterocycles. The van der Waals surface area contributed by atoms with E-state index in [2.05, 4.69) is 5.32 Å². The van der Waals surface area contributed by atoms with Gasteiger partial charge in [-0.05, 0) is 29.8 Å². The molecule has 1 heterocycles. The molecule has 0 aliphatic carbocycles. The zero-order valence-electron chi connectivity index (χ0n) is 15.6. The number of rotatable bonds is 6. The standard InChI is InChI=1S/C19H21N3O5S/c1-21(2)28(25,26)15-9-7-14(8-10-15)11-20-18(23)12-22-16-5-3-4-6-17(16)27-13-19(22)24/h3-10H,11-13H2,1-2H3,(H,20,23). The van der Waals surface area contributed by atoms with Crippen molar-refractivity contribution in [3.63, 3.8) is 0 Å². The second kappa shape index (κ2) is 7.99. The number of para-hydroxylation sites is 2. The fourth-order valence-corrected chi connectivity index (χ4v) is 3.62. The van der Waals surface area contributed by atoms with Crippen molar-refractivity contribution in [1.29, 1.82) is 0 Å². The lowest BCUT2D eigenvalue weighted by molar-refractivity contribution is -0.125. The van der Waals surface area contributed by atoms with Crippen LogP contribution in [0, 0.1) is 0 Å². The van der Waals surface area contributed by atoms with E-state index in [-0.39, 0.29) is 36.4 Å². The highest BCUT2D eigenvalue weighted by Crippen LogP contribution is 2.31. The number of carbonyl (C=O) groups is 2. The maximum Gasteiger partial charge on any atom is 0.265 e. The molecular formula is C19H21N3O5S. The monoisotopic (exact) mass is 403 g/mol. The van der Waals surface area contributed by atoms with Crippen LogP contribution >= 0.6 is 0 Å². The van der Waals surface area contributed by atoms with Gasteiger partial charge in [-0.2, -0.15) is 0 Å². The van der Waals surface area contributed by atoms with Crippen molar-refractivity contribution in [2.24, 2.45) is 0 Å². The van der Waals surface area contributed by atoms with Gasteiger partial charge in [-0.15, -0.1) is 0 Å². The van der Waals surface area contributed by atoms with Crippen LogP contribution in [0.3, 0.4) is 0 Å². The number of benzene rings is 2. The highest BCUT2D eigenvalue weighted by atomic mass is 32.2. The summed E-state index contributed by atoms with van der Waals surface area (Å²) in [7, 11) is -0.555. The molecule has 3 rings (SSSR count). The molecule has 0 radical (unpaired) electrons.